The van der Waals surface area contributed by atoms with Crippen LogP contribution in [0.15, 0.2) is 36.5 Å². The lowest BCUT2D eigenvalue weighted by Crippen LogP contribution is -2.19. The van der Waals surface area contributed by atoms with Crippen LogP contribution in [0.1, 0.15) is 21.0 Å². The minimum atomic E-state index is -0.168. The van der Waals surface area contributed by atoms with Crippen LogP contribution in [0.4, 0.5) is 0 Å². The number of rotatable bonds is 4. The Bertz CT molecular complexity index is 682. The molecule has 1 heterocycles. The molecule has 4 nitrogen and oxygen atoms in total. The number of hydrogen-bond donors (Lipinski definition) is 1. The summed E-state index contributed by atoms with van der Waals surface area (Å²) in [4.78, 5) is 16.8. The zero-order valence-corrected chi connectivity index (χ0v) is 11.8. The van der Waals surface area contributed by atoms with Crippen LogP contribution < -0.4 is 5.32 Å². The summed E-state index contributed by atoms with van der Waals surface area (Å²) in [6, 6.07) is 9.15. The maximum absolute atomic E-state index is 11.7. The Morgan fingerprint density at radius 3 is 3.10 bits per heavy atom. The molecule has 0 radical (unpaired) electrons. The molecule has 1 N–H and O–H groups in total. The third-order valence-corrected chi connectivity index (χ3v) is 3.46. The molecule has 0 aliphatic carbocycles. The molecule has 1 aromatic carbocycles. The second kappa shape index (κ2) is 6.64. The predicted molar refractivity (Wildman–Crippen MR) is 78.9 cm³/mol. The molecule has 0 aliphatic rings. The number of thiazole rings is 1. The van der Waals surface area contributed by atoms with Crippen LogP contribution >= 0.6 is 11.3 Å². The van der Waals surface area contributed by atoms with E-state index < -0.39 is 0 Å². The monoisotopic (exact) mass is 283 g/mol. The Morgan fingerprint density at radius 1 is 1.55 bits per heavy atom. The molecule has 20 heavy (non-hydrogen) atoms. The smallest absolute Gasteiger partial charge is 0.244 e. The third-order valence-electron chi connectivity index (χ3n) is 2.55. The van der Waals surface area contributed by atoms with Crippen molar-refractivity contribution >= 4 is 23.3 Å². The van der Waals surface area contributed by atoms with Crippen molar-refractivity contribution in [2.75, 3.05) is 0 Å². The van der Waals surface area contributed by atoms with Gasteiger partial charge in [0, 0.05) is 17.2 Å². The predicted octanol–water partition coefficient (Wildman–Crippen LogP) is 2.65. The van der Waals surface area contributed by atoms with Crippen LogP contribution in [0.5, 0.6) is 0 Å². The quantitative estimate of drug-likeness (QED) is 0.877. The minimum absolute atomic E-state index is 0.168. The van der Waals surface area contributed by atoms with Gasteiger partial charge in [0.05, 0.1) is 23.2 Å². The number of nitrogens with zero attached hydrogens (tertiary/aromatic N) is 2. The van der Waals surface area contributed by atoms with Gasteiger partial charge in [0.15, 0.2) is 0 Å². The van der Waals surface area contributed by atoms with Gasteiger partial charge in [-0.3, -0.25) is 4.79 Å². The molecule has 0 unspecified atom stereocenters. The summed E-state index contributed by atoms with van der Waals surface area (Å²) in [5.41, 5.74) is 1.40. The average molecular weight is 283 g/mol. The van der Waals surface area contributed by atoms with Gasteiger partial charge in [-0.2, -0.15) is 5.26 Å². The first kappa shape index (κ1) is 14.0. The van der Waals surface area contributed by atoms with E-state index in [9.17, 15) is 4.79 Å². The molecule has 0 aliphatic heterocycles. The van der Waals surface area contributed by atoms with Crippen molar-refractivity contribution in [3.05, 3.63) is 57.6 Å². The van der Waals surface area contributed by atoms with Gasteiger partial charge in [0.25, 0.3) is 0 Å². The summed E-state index contributed by atoms with van der Waals surface area (Å²) in [7, 11) is 0. The first-order chi connectivity index (χ1) is 9.67. The maximum atomic E-state index is 11.7. The molecule has 0 saturated carbocycles. The first-order valence-corrected chi connectivity index (χ1v) is 6.86. The van der Waals surface area contributed by atoms with Gasteiger partial charge in [0.2, 0.25) is 5.91 Å². The van der Waals surface area contributed by atoms with Crippen molar-refractivity contribution in [1.29, 1.82) is 5.26 Å². The summed E-state index contributed by atoms with van der Waals surface area (Å²) >= 11 is 1.56. The number of carbonyl (C=O) groups excluding carboxylic acids is 1. The van der Waals surface area contributed by atoms with E-state index in [-0.39, 0.29) is 5.91 Å². The fourth-order valence-electron chi connectivity index (χ4n) is 1.60. The minimum Gasteiger partial charge on any atom is -0.348 e. The molecule has 0 spiro atoms. The van der Waals surface area contributed by atoms with E-state index in [4.69, 9.17) is 5.26 Å². The van der Waals surface area contributed by atoms with Crippen LogP contribution in [0.3, 0.4) is 0 Å². The second-order valence-electron chi connectivity index (χ2n) is 4.13. The molecular weight excluding hydrogens is 270 g/mol. The number of benzene rings is 1. The normalized spacial score (nSPS) is 10.4. The van der Waals surface area contributed by atoms with Crippen molar-refractivity contribution < 1.29 is 4.79 Å². The SMILES string of the molecule is Cc1ncc(CNC(=O)C=Cc2cccc(C#N)c2)s1. The number of aryl methyl sites for hydroxylation is 1. The molecule has 0 saturated heterocycles. The number of carbonyl (C=O) groups is 1. The molecule has 1 aromatic heterocycles. The van der Waals surface area contributed by atoms with Crippen molar-refractivity contribution in [2.24, 2.45) is 0 Å². The van der Waals surface area contributed by atoms with Gasteiger partial charge >= 0.3 is 0 Å². The van der Waals surface area contributed by atoms with Crippen molar-refractivity contribution in [2.45, 2.75) is 13.5 Å². The number of nitriles is 1. The Kier molecular flexibility index (Phi) is 4.64. The van der Waals surface area contributed by atoms with Crippen LogP contribution in [0.2, 0.25) is 0 Å². The summed E-state index contributed by atoms with van der Waals surface area (Å²) in [5, 5.41) is 12.6. The molecule has 0 fully saturated rings. The second-order valence-corrected chi connectivity index (χ2v) is 5.45. The van der Waals surface area contributed by atoms with E-state index in [1.807, 2.05) is 13.0 Å². The molecular formula is C15H13N3OS. The van der Waals surface area contributed by atoms with E-state index >= 15 is 0 Å². The molecule has 0 atom stereocenters. The highest BCUT2D eigenvalue weighted by molar-refractivity contribution is 7.11. The van der Waals surface area contributed by atoms with Gasteiger partial charge in [-0.15, -0.1) is 11.3 Å². The number of hydrogen-bond acceptors (Lipinski definition) is 4. The largest absolute Gasteiger partial charge is 0.348 e. The third kappa shape index (κ3) is 4.04. The van der Waals surface area contributed by atoms with Crippen molar-refractivity contribution in [3.8, 4) is 6.07 Å². The highest BCUT2D eigenvalue weighted by Gasteiger charge is 2.00. The van der Waals surface area contributed by atoms with Crippen molar-refractivity contribution in [3.63, 3.8) is 0 Å². The fourth-order valence-corrected chi connectivity index (χ4v) is 2.34. The lowest BCUT2D eigenvalue weighted by molar-refractivity contribution is -0.116. The zero-order valence-electron chi connectivity index (χ0n) is 11.0. The summed E-state index contributed by atoms with van der Waals surface area (Å²) < 4.78 is 0. The first-order valence-electron chi connectivity index (χ1n) is 6.05. The van der Waals surface area contributed by atoms with Crippen LogP contribution in [0, 0.1) is 18.3 Å². The Morgan fingerprint density at radius 2 is 2.40 bits per heavy atom. The van der Waals surface area contributed by atoms with Gasteiger partial charge in [0.1, 0.15) is 0 Å². The standard InChI is InChI=1S/C15H13N3OS/c1-11-17-9-14(20-11)10-18-15(19)6-5-12-3-2-4-13(7-12)8-16/h2-7,9H,10H2,1H3,(H,18,19). The van der Waals surface area contributed by atoms with E-state index in [0.29, 0.717) is 12.1 Å². The van der Waals surface area contributed by atoms with Gasteiger partial charge in [-0.1, -0.05) is 12.1 Å². The Labute approximate surface area is 121 Å². The number of amides is 1. The number of nitrogens with one attached hydrogen (secondary N) is 1. The average Bonchev–Trinajstić information content (AvgIpc) is 2.89. The zero-order chi connectivity index (χ0) is 14.4. The summed E-state index contributed by atoms with van der Waals surface area (Å²) in [6.45, 7) is 2.41. The Hall–Kier alpha value is -2.45. The topological polar surface area (TPSA) is 65.8 Å². The van der Waals surface area contributed by atoms with E-state index in [1.165, 1.54) is 6.08 Å². The van der Waals surface area contributed by atoms with Crippen LogP contribution in [-0.4, -0.2) is 10.9 Å². The molecule has 5 heteroatoms. The van der Waals surface area contributed by atoms with Crippen LogP contribution in [-0.2, 0) is 11.3 Å². The summed E-state index contributed by atoms with van der Waals surface area (Å²) in [6.07, 6.45) is 4.92. The van der Waals surface area contributed by atoms with Gasteiger partial charge < -0.3 is 5.32 Å². The van der Waals surface area contributed by atoms with E-state index in [2.05, 4.69) is 16.4 Å². The molecule has 100 valence electrons. The van der Waals surface area contributed by atoms with E-state index in [1.54, 1.807) is 41.8 Å². The van der Waals surface area contributed by atoms with Gasteiger partial charge in [-0.25, -0.2) is 4.98 Å². The Balaban J connectivity index is 1.90. The number of aromatic nitrogens is 1. The summed E-state index contributed by atoms with van der Waals surface area (Å²) in [5.74, 6) is -0.168. The molecule has 1 amide bonds. The highest BCUT2D eigenvalue weighted by atomic mass is 32.1. The van der Waals surface area contributed by atoms with Crippen LogP contribution in [0.25, 0.3) is 6.08 Å². The highest BCUT2D eigenvalue weighted by Crippen LogP contribution is 2.10. The lowest BCUT2D eigenvalue weighted by Gasteiger charge is -1.98. The molecule has 2 aromatic rings. The lowest BCUT2D eigenvalue weighted by atomic mass is 10.1. The molecule has 0 bridgehead atoms. The van der Waals surface area contributed by atoms with Gasteiger partial charge in [-0.05, 0) is 30.7 Å². The molecule has 2 rings (SSSR count). The maximum Gasteiger partial charge on any atom is 0.244 e. The fraction of sp³-hybridized carbons (Fsp3) is 0.133. The van der Waals surface area contributed by atoms with Crippen molar-refractivity contribution in [1.82, 2.24) is 10.3 Å². The van der Waals surface area contributed by atoms with E-state index in [0.717, 1.165) is 15.4 Å².